The van der Waals surface area contributed by atoms with Gasteiger partial charge in [0, 0.05) is 12.2 Å². The first-order valence-corrected chi connectivity index (χ1v) is 9.00. The van der Waals surface area contributed by atoms with Gasteiger partial charge in [0.05, 0.1) is 18.4 Å². The Labute approximate surface area is 136 Å². The number of nitrogens with zero attached hydrogens (tertiary/aromatic N) is 3. The Hall–Kier alpha value is -2.02. The molecule has 1 aliphatic heterocycles. The van der Waals surface area contributed by atoms with E-state index in [4.69, 9.17) is 4.74 Å². The van der Waals surface area contributed by atoms with Gasteiger partial charge in [0.15, 0.2) is 0 Å². The summed E-state index contributed by atoms with van der Waals surface area (Å²) in [5.74, 6) is 0.573. The minimum atomic E-state index is -3.69. The van der Waals surface area contributed by atoms with Crippen molar-refractivity contribution in [1.29, 1.82) is 0 Å². The molecule has 0 bridgehead atoms. The molecule has 23 heavy (non-hydrogen) atoms. The van der Waals surface area contributed by atoms with Crippen molar-refractivity contribution >= 4 is 15.7 Å². The second kappa shape index (κ2) is 5.26. The standard InChI is InChI=1S/C16H21N3O3S/c1-12(2)18-10-13(9-17-18)23(20,21)19-11-16(3,4)22-15-8-6-5-7-14(15)19/h5-10,12H,11H2,1-4H3. The first-order valence-electron chi connectivity index (χ1n) is 7.56. The number of ether oxygens (including phenoxy) is 1. The van der Waals surface area contributed by atoms with Crippen LogP contribution in [0.2, 0.25) is 0 Å². The third-order valence-electron chi connectivity index (χ3n) is 3.74. The first kappa shape index (κ1) is 15.9. The Balaban J connectivity index is 2.08. The van der Waals surface area contributed by atoms with Crippen LogP contribution in [0.3, 0.4) is 0 Å². The summed E-state index contributed by atoms with van der Waals surface area (Å²) >= 11 is 0. The van der Waals surface area contributed by atoms with Crippen LogP contribution < -0.4 is 9.04 Å². The van der Waals surface area contributed by atoms with Crippen LogP contribution in [-0.4, -0.2) is 30.3 Å². The van der Waals surface area contributed by atoms with Gasteiger partial charge < -0.3 is 4.74 Å². The lowest BCUT2D eigenvalue weighted by Gasteiger charge is -2.39. The highest BCUT2D eigenvalue weighted by molar-refractivity contribution is 7.92. The third-order valence-corrected chi connectivity index (χ3v) is 5.45. The predicted octanol–water partition coefficient (Wildman–Crippen LogP) is 2.83. The molecule has 0 saturated heterocycles. The molecule has 0 amide bonds. The van der Waals surface area contributed by atoms with Gasteiger partial charge in [-0.05, 0) is 39.8 Å². The normalized spacial score (nSPS) is 17.0. The smallest absolute Gasteiger partial charge is 0.267 e. The fraction of sp³-hybridized carbons (Fsp3) is 0.438. The van der Waals surface area contributed by atoms with Gasteiger partial charge in [-0.1, -0.05) is 12.1 Å². The van der Waals surface area contributed by atoms with Gasteiger partial charge in [0.25, 0.3) is 10.0 Å². The van der Waals surface area contributed by atoms with Gasteiger partial charge in [-0.15, -0.1) is 0 Å². The molecule has 1 aromatic heterocycles. The summed E-state index contributed by atoms with van der Waals surface area (Å²) in [4.78, 5) is 0.193. The number of anilines is 1. The minimum Gasteiger partial charge on any atom is -0.484 e. The lowest BCUT2D eigenvalue weighted by molar-refractivity contribution is 0.110. The van der Waals surface area contributed by atoms with E-state index in [-0.39, 0.29) is 17.5 Å². The van der Waals surface area contributed by atoms with Gasteiger partial charge in [-0.3, -0.25) is 8.99 Å². The number of aromatic nitrogens is 2. The summed E-state index contributed by atoms with van der Waals surface area (Å²) < 4.78 is 35.1. The molecular weight excluding hydrogens is 314 g/mol. The zero-order valence-corrected chi connectivity index (χ0v) is 14.5. The van der Waals surface area contributed by atoms with E-state index >= 15 is 0 Å². The predicted molar refractivity (Wildman–Crippen MR) is 88.3 cm³/mol. The molecule has 1 aliphatic rings. The molecule has 2 heterocycles. The molecule has 0 saturated carbocycles. The number of hydrogen-bond donors (Lipinski definition) is 0. The lowest BCUT2D eigenvalue weighted by atomic mass is 10.1. The van der Waals surface area contributed by atoms with Gasteiger partial charge in [-0.2, -0.15) is 5.10 Å². The van der Waals surface area contributed by atoms with Gasteiger partial charge in [0.1, 0.15) is 16.2 Å². The molecule has 7 heteroatoms. The molecule has 0 unspecified atom stereocenters. The van der Waals surface area contributed by atoms with Crippen LogP contribution in [0.25, 0.3) is 0 Å². The molecule has 1 aromatic carbocycles. The summed E-state index contributed by atoms with van der Waals surface area (Å²) in [6, 6.07) is 7.29. The zero-order valence-electron chi connectivity index (χ0n) is 13.7. The van der Waals surface area contributed by atoms with E-state index in [2.05, 4.69) is 5.10 Å². The molecule has 0 N–H and O–H groups in total. The molecular formula is C16H21N3O3S. The lowest BCUT2D eigenvalue weighted by Crippen LogP contribution is -2.49. The maximum Gasteiger partial charge on any atom is 0.267 e. The van der Waals surface area contributed by atoms with Crippen LogP contribution in [0.15, 0.2) is 41.6 Å². The van der Waals surface area contributed by atoms with Crippen molar-refractivity contribution in [3.63, 3.8) is 0 Å². The number of sulfonamides is 1. The highest BCUT2D eigenvalue weighted by Crippen LogP contribution is 2.39. The average Bonchev–Trinajstić information content (AvgIpc) is 2.96. The van der Waals surface area contributed by atoms with Crippen LogP contribution in [0.5, 0.6) is 5.75 Å². The van der Waals surface area contributed by atoms with Crippen LogP contribution in [0, 0.1) is 0 Å². The summed E-state index contributed by atoms with van der Waals surface area (Å²) in [7, 11) is -3.69. The van der Waals surface area contributed by atoms with Gasteiger partial charge >= 0.3 is 0 Å². The first-order chi connectivity index (χ1) is 10.7. The van der Waals surface area contributed by atoms with Crippen molar-refractivity contribution in [2.24, 2.45) is 0 Å². The molecule has 0 radical (unpaired) electrons. The monoisotopic (exact) mass is 335 g/mol. The highest BCUT2D eigenvalue weighted by atomic mass is 32.2. The average molecular weight is 335 g/mol. The minimum absolute atomic E-state index is 0.104. The van der Waals surface area contributed by atoms with E-state index in [9.17, 15) is 8.42 Å². The van der Waals surface area contributed by atoms with Crippen LogP contribution >= 0.6 is 0 Å². The molecule has 2 aromatic rings. The third kappa shape index (κ3) is 2.81. The summed E-state index contributed by atoms with van der Waals surface area (Å²) in [5.41, 5.74) is -0.0423. The van der Waals surface area contributed by atoms with Crippen LogP contribution in [-0.2, 0) is 10.0 Å². The Morgan fingerprint density at radius 1 is 1.26 bits per heavy atom. The van der Waals surface area contributed by atoms with Crippen molar-refractivity contribution in [2.75, 3.05) is 10.8 Å². The SMILES string of the molecule is CC(C)n1cc(S(=O)(=O)N2CC(C)(C)Oc3ccccc32)cn1. The number of fused-ring (bicyclic) bond motifs is 1. The molecule has 0 spiro atoms. The molecule has 0 aliphatic carbocycles. The number of para-hydroxylation sites is 2. The van der Waals surface area contributed by atoms with E-state index in [1.807, 2.05) is 33.8 Å². The van der Waals surface area contributed by atoms with E-state index in [1.54, 1.807) is 29.1 Å². The molecule has 124 valence electrons. The Kier molecular flexibility index (Phi) is 3.63. The van der Waals surface area contributed by atoms with E-state index in [1.165, 1.54) is 10.5 Å². The quantitative estimate of drug-likeness (QED) is 0.865. The van der Waals surface area contributed by atoms with Crippen molar-refractivity contribution in [3.8, 4) is 5.75 Å². The Morgan fingerprint density at radius 2 is 1.96 bits per heavy atom. The second-order valence-electron chi connectivity index (χ2n) is 6.59. The Morgan fingerprint density at radius 3 is 2.61 bits per heavy atom. The Bertz CT molecular complexity index is 825. The zero-order chi connectivity index (χ0) is 16.8. The maximum absolute atomic E-state index is 13.1. The van der Waals surface area contributed by atoms with Crippen molar-refractivity contribution < 1.29 is 13.2 Å². The number of benzene rings is 1. The summed E-state index contributed by atoms with van der Waals surface area (Å²) in [5, 5.41) is 4.15. The topological polar surface area (TPSA) is 64.4 Å². The van der Waals surface area contributed by atoms with Crippen LogP contribution in [0.1, 0.15) is 33.7 Å². The van der Waals surface area contributed by atoms with Crippen molar-refractivity contribution in [3.05, 3.63) is 36.7 Å². The van der Waals surface area contributed by atoms with Crippen molar-refractivity contribution in [2.45, 2.75) is 44.2 Å². The van der Waals surface area contributed by atoms with Gasteiger partial charge in [-0.25, -0.2) is 8.42 Å². The molecule has 0 atom stereocenters. The molecule has 0 fully saturated rings. The highest BCUT2D eigenvalue weighted by Gasteiger charge is 2.38. The molecule has 6 nitrogen and oxygen atoms in total. The maximum atomic E-state index is 13.1. The number of hydrogen-bond acceptors (Lipinski definition) is 4. The van der Waals surface area contributed by atoms with Crippen LogP contribution in [0.4, 0.5) is 5.69 Å². The van der Waals surface area contributed by atoms with Gasteiger partial charge in [0.2, 0.25) is 0 Å². The summed E-state index contributed by atoms with van der Waals surface area (Å²) in [6.07, 6.45) is 2.98. The van der Waals surface area contributed by atoms with E-state index < -0.39 is 15.6 Å². The largest absolute Gasteiger partial charge is 0.484 e. The van der Waals surface area contributed by atoms with Crippen molar-refractivity contribution in [1.82, 2.24) is 9.78 Å². The fourth-order valence-electron chi connectivity index (χ4n) is 2.59. The van der Waals surface area contributed by atoms with E-state index in [0.29, 0.717) is 11.4 Å². The molecule has 3 rings (SSSR count). The second-order valence-corrected chi connectivity index (χ2v) is 8.45. The van der Waals surface area contributed by atoms with E-state index in [0.717, 1.165) is 0 Å². The number of rotatable bonds is 3. The fourth-order valence-corrected chi connectivity index (χ4v) is 4.16. The summed E-state index contributed by atoms with van der Waals surface area (Å²) in [6.45, 7) is 7.91.